The van der Waals surface area contributed by atoms with E-state index in [0.717, 1.165) is 17.7 Å². The minimum atomic E-state index is -4.67. The molecule has 0 aliphatic heterocycles. The van der Waals surface area contributed by atoms with Gasteiger partial charge < -0.3 is 5.32 Å². The SMILES string of the molecule is CC(NC(=O)c1ccc(S(=O)(=O)C(F)F)cc1)c1cccc(Cl)c1. The van der Waals surface area contributed by atoms with E-state index in [1.54, 1.807) is 31.2 Å². The summed E-state index contributed by atoms with van der Waals surface area (Å²) in [7, 11) is -4.67. The smallest absolute Gasteiger partial charge is 0.341 e. The first-order chi connectivity index (χ1) is 11.2. The number of hydrogen-bond acceptors (Lipinski definition) is 3. The lowest BCUT2D eigenvalue weighted by Gasteiger charge is -2.15. The Morgan fingerprint density at radius 2 is 1.75 bits per heavy atom. The summed E-state index contributed by atoms with van der Waals surface area (Å²) in [4.78, 5) is 11.6. The molecule has 1 unspecified atom stereocenters. The second-order valence-corrected chi connectivity index (χ2v) is 7.43. The monoisotopic (exact) mass is 373 g/mol. The van der Waals surface area contributed by atoms with Crippen LogP contribution < -0.4 is 5.32 Å². The third kappa shape index (κ3) is 4.10. The summed E-state index contributed by atoms with van der Waals surface area (Å²) in [5.41, 5.74) is 0.963. The second kappa shape index (κ2) is 7.27. The normalized spacial score (nSPS) is 12.9. The zero-order chi connectivity index (χ0) is 17.9. The zero-order valence-electron chi connectivity index (χ0n) is 12.5. The molecule has 2 aromatic rings. The number of nitrogens with one attached hydrogen (secondary N) is 1. The fourth-order valence-corrected chi connectivity index (χ4v) is 2.96. The summed E-state index contributed by atoms with van der Waals surface area (Å²) >= 11 is 5.90. The molecule has 2 aromatic carbocycles. The molecule has 0 fully saturated rings. The quantitative estimate of drug-likeness (QED) is 0.866. The molecule has 0 saturated carbocycles. The third-order valence-electron chi connectivity index (χ3n) is 3.38. The number of carbonyl (C=O) groups is 1. The predicted octanol–water partition coefficient (Wildman–Crippen LogP) is 3.83. The Bertz CT molecular complexity index is 839. The second-order valence-electron chi connectivity index (χ2n) is 5.08. The lowest BCUT2D eigenvalue weighted by Crippen LogP contribution is -2.26. The molecule has 0 saturated heterocycles. The van der Waals surface area contributed by atoms with E-state index in [4.69, 9.17) is 11.6 Å². The van der Waals surface area contributed by atoms with Crippen molar-refractivity contribution in [3.05, 3.63) is 64.7 Å². The average Bonchev–Trinajstić information content (AvgIpc) is 2.54. The largest absolute Gasteiger partial charge is 0.346 e. The molecule has 0 heterocycles. The number of amides is 1. The highest BCUT2D eigenvalue weighted by molar-refractivity contribution is 7.91. The molecule has 1 N–H and O–H groups in total. The van der Waals surface area contributed by atoms with Crippen molar-refractivity contribution in [3.63, 3.8) is 0 Å². The number of benzene rings is 2. The van der Waals surface area contributed by atoms with Gasteiger partial charge in [0.2, 0.25) is 9.84 Å². The topological polar surface area (TPSA) is 63.2 Å². The molecule has 128 valence electrons. The molecule has 0 aliphatic rings. The number of carbonyl (C=O) groups excluding carboxylic acids is 1. The molecule has 0 bridgehead atoms. The van der Waals surface area contributed by atoms with Gasteiger partial charge in [0.05, 0.1) is 10.9 Å². The van der Waals surface area contributed by atoms with E-state index < -0.39 is 26.4 Å². The summed E-state index contributed by atoms with van der Waals surface area (Å²) in [6.45, 7) is 1.76. The van der Waals surface area contributed by atoms with Crippen LogP contribution in [0.4, 0.5) is 8.78 Å². The first-order valence-corrected chi connectivity index (χ1v) is 8.82. The summed E-state index contributed by atoms with van der Waals surface area (Å²) in [6.07, 6.45) is 0. The van der Waals surface area contributed by atoms with E-state index in [1.165, 1.54) is 12.1 Å². The molecule has 24 heavy (non-hydrogen) atoms. The van der Waals surface area contributed by atoms with Gasteiger partial charge in [-0.25, -0.2) is 8.42 Å². The first kappa shape index (κ1) is 18.4. The Morgan fingerprint density at radius 1 is 1.12 bits per heavy atom. The van der Waals surface area contributed by atoms with Crippen LogP contribution in [0.3, 0.4) is 0 Å². The van der Waals surface area contributed by atoms with Crippen molar-refractivity contribution in [2.24, 2.45) is 0 Å². The van der Waals surface area contributed by atoms with Crippen molar-refractivity contribution in [3.8, 4) is 0 Å². The van der Waals surface area contributed by atoms with Crippen LogP contribution in [0.1, 0.15) is 28.9 Å². The van der Waals surface area contributed by atoms with Crippen LogP contribution in [0.25, 0.3) is 0 Å². The maximum absolute atomic E-state index is 12.5. The fraction of sp³-hybridized carbons (Fsp3) is 0.188. The highest BCUT2D eigenvalue weighted by Gasteiger charge is 2.26. The summed E-state index contributed by atoms with van der Waals surface area (Å²) in [5, 5.41) is 3.26. The van der Waals surface area contributed by atoms with Gasteiger partial charge in [-0.1, -0.05) is 23.7 Å². The average molecular weight is 374 g/mol. The van der Waals surface area contributed by atoms with Crippen LogP contribution in [-0.2, 0) is 9.84 Å². The Morgan fingerprint density at radius 3 is 2.29 bits per heavy atom. The highest BCUT2D eigenvalue weighted by Crippen LogP contribution is 2.20. The van der Waals surface area contributed by atoms with Crippen LogP contribution in [0, 0.1) is 0 Å². The summed E-state index contributed by atoms with van der Waals surface area (Å²) in [6, 6.07) is 11.0. The zero-order valence-corrected chi connectivity index (χ0v) is 14.1. The van der Waals surface area contributed by atoms with Gasteiger partial charge in [0.1, 0.15) is 0 Å². The Labute approximate surface area is 143 Å². The number of sulfone groups is 1. The van der Waals surface area contributed by atoms with Crippen molar-refractivity contribution in [2.45, 2.75) is 23.6 Å². The molecule has 0 spiro atoms. The van der Waals surface area contributed by atoms with Crippen molar-refractivity contribution < 1.29 is 22.0 Å². The number of halogens is 3. The Balaban J connectivity index is 2.13. The van der Waals surface area contributed by atoms with Gasteiger partial charge in [0.15, 0.2) is 0 Å². The minimum absolute atomic E-state index is 0.164. The van der Waals surface area contributed by atoms with E-state index >= 15 is 0 Å². The number of hydrogen-bond donors (Lipinski definition) is 1. The van der Waals surface area contributed by atoms with Gasteiger partial charge in [-0.3, -0.25) is 4.79 Å². The van der Waals surface area contributed by atoms with Gasteiger partial charge in [-0.15, -0.1) is 0 Å². The van der Waals surface area contributed by atoms with Gasteiger partial charge >= 0.3 is 5.76 Å². The lowest BCUT2D eigenvalue weighted by molar-refractivity contribution is 0.0940. The first-order valence-electron chi connectivity index (χ1n) is 6.90. The fourth-order valence-electron chi connectivity index (χ4n) is 2.04. The van der Waals surface area contributed by atoms with Crippen molar-refractivity contribution in [2.75, 3.05) is 0 Å². The molecule has 4 nitrogen and oxygen atoms in total. The molecule has 0 aliphatic carbocycles. The van der Waals surface area contributed by atoms with Gasteiger partial charge in [0, 0.05) is 10.6 Å². The van der Waals surface area contributed by atoms with Gasteiger partial charge in [-0.05, 0) is 48.9 Å². The van der Waals surface area contributed by atoms with Crippen LogP contribution in [0.2, 0.25) is 5.02 Å². The minimum Gasteiger partial charge on any atom is -0.346 e. The van der Waals surface area contributed by atoms with Crippen LogP contribution in [0.5, 0.6) is 0 Å². The molecule has 1 amide bonds. The highest BCUT2D eigenvalue weighted by atomic mass is 35.5. The third-order valence-corrected chi connectivity index (χ3v) is 5.01. The van der Waals surface area contributed by atoms with Crippen molar-refractivity contribution in [1.29, 1.82) is 0 Å². The van der Waals surface area contributed by atoms with E-state index in [-0.39, 0.29) is 11.6 Å². The van der Waals surface area contributed by atoms with E-state index in [9.17, 15) is 22.0 Å². The predicted molar refractivity (Wildman–Crippen MR) is 87.0 cm³/mol. The molecular formula is C16H14ClF2NO3S. The molecule has 1 atom stereocenters. The van der Waals surface area contributed by atoms with Gasteiger partial charge in [0.25, 0.3) is 5.91 Å². The number of alkyl halides is 2. The Hall–Kier alpha value is -1.99. The number of rotatable bonds is 5. The molecule has 2 rings (SSSR count). The Kier molecular flexibility index (Phi) is 5.56. The van der Waals surface area contributed by atoms with Crippen LogP contribution in [0.15, 0.2) is 53.4 Å². The lowest BCUT2D eigenvalue weighted by atomic mass is 10.1. The standard InChI is InChI=1S/C16H14ClF2NO3S/c1-10(12-3-2-4-13(17)9-12)20-15(21)11-5-7-14(8-6-11)24(22,23)16(18)19/h2-10,16H,1H3,(H,20,21). The summed E-state index contributed by atoms with van der Waals surface area (Å²) in [5.74, 6) is -3.96. The summed E-state index contributed by atoms with van der Waals surface area (Å²) < 4.78 is 47.6. The van der Waals surface area contributed by atoms with E-state index in [1.807, 2.05) is 0 Å². The molecular weight excluding hydrogens is 360 g/mol. The van der Waals surface area contributed by atoms with E-state index in [0.29, 0.717) is 5.02 Å². The van der Waals surface area contributed by atoms with E-state index in [2.05, 4.69) is 5.32 Å². The molecule has 8 heteroatoms. The van der Waals surface area contributed by atoms with Crippen molar-refractivity contribution in [1.82, 2.24) is 5.32 Å². The molecule has 0 radical (unpaired) electrons. The molecule has 0 aromatic heterocycles. The van der Waals surface area contributed by atoms with Gasteiger partial charge in [-0.2, -0.15) is 8.78 Å². The van der Waals surface area contributed by atoms with Crippen LogP contribution >= 0.6 is 11.6 Å². The van der Waals surface area contributed by atoms with Crippen molar-refractivity contribution >= 4 is 27.3 Å². The maximum atomic E-state index is 12.5. The van der Waals surface area contributed by atoms with Crippen LogP contribution in [-0.4, -0.2) is 20.1 Å². The maximum Gasteiger partial charge on any atom is 0.341 e.